The quantitative estimate of drug-likeness (QED) is 0.578. The molecule has 6 nitrogen and oxygen atoms in total. The van der Waals surface area contributed by atoms with Crippen LogP contribution < -0.4 is 5.32 Å². The number of hydrogen-bond donors (Lipinski definition) is 2. The smallest absolute Gasteiger partial charge is 0.341 e. The van der Waals surface area contributed by atoms with E-state index in [0.29, 0.717) is 17.0 Å². The highest BCUT2D eigenvalue weighted by molar-refractivity contribution is 7.17. The Labute approximate surface area is 168 Å². The second kappa shape index (κ2) is 7.03. The summed E-state index contributed by atoms with van der Waals surface area (Å²) in [6.45, 7) is 3.69. The Morgan fingerprint density at radius 1 is 1.29 bits per heavy atom. The van der Waals surface area contributed by atoms with Crippen molar-refractivity contribution in [3.63, 3.8) is 0 Å². The van der Waals surface area contributed by atoms with Gasteiger partial charge < -0.3 is 15.2 Å². The standard InChI is InChI=1S/C21H25NO5S/c1-3-27-19(24)15-13-6-4-5-7-14(13)28-18(15)22-17(23)16-11-8-9-12(10-11)21(16,2)20(25)26/h8-9,11-12,16H,3-7,10H2,1-2H3,(H,22,23)(H,25,26)/t11-,12-,16-,21+/m0/s1. The number of hydrogen-bond acceptors (Lipinski definition) is 5. The van der Waals surface area contributed by atoms with Crippen molar-refractivity contribution in [3.05, 3.63) is 28.2 Å². The SMILES string of the molecule is CCOC(=O)c1c(NC(=O)[C@@H]2[C@H]3C=C[C@@H](C3)[C@@]2(C)C(=O)O)sc2c1CCCC2. The lowest BCUT2D eigenvalue weighted by atomic mass is 9.69. The monoisotopic (exact) mass is 403 g/mol. The van der Waals surface area contributed by atoms with E-state index in [0.717, 1.165) is 36.1 Å². The van der Waals surface area contributed by atoms with Crippen LogP contribution in [0.2, 0.25) is 0 Å². The lowest BCUT2D eigenvalue weighted by Crippen LogP contribution is -2.45. The molecule has 0 aliphatic heterocycles. The number of aliphatic carboxylic acids is 1. The zero-order valence-electron chi connectivity index (χ0n) is 16.1. The van der Waals surface area contributed by atoms with Gasteiger partial charge in [0, 0.05) is 4.88 Å². The first-order chi connectivity index (χ1) is 13.4. The molecule has 0 spiro atoms. The number of nitrogens with one attached hydrogen (secondary N) is 1. The van der Waals surface area contributed by atoms with E-state index >= 15 is 0 Å². The number of amides is 1. The minimum absolute atomic E-state index is 0.0771. The largest absolute Gasteiger partial charge is 0.481 e. The molecule has 0 saturated heterocycles. The molecule has 1 aromatic rings. The molecular formula is C21H25NO5S. The van der Waals surface area contributed by atoms with Crippen molar-refractivity contribution in [3.8, 4) is 0 Å². The molecule has 3 aliphatic rings. The predicted octanol–water partition coefficient (Wildman–Crippen LogP) is 3.66. The molecule has 1 aromatic heterocycles. The van der Waals surface area contributed by atoms with E-state index in [2.05, 4.69) is 5.32 Å². The molecule has 1 fully saturated rings. The molecular weight excluding hydrogens is 378 g/mol. The molecule has 3 aliphatic carbocycles. The second-order valence-electron chi connectivity index (χ2n) is 8.08. The Morgan fingerprint density at radius 3 is 2.75 bits per heavy atom. The molecule has 2 bridgehead atoms. The molecule has 0 unspecified atom stereocenters. The number of carbonyl (C=O) groups excluding carboxylic acids is 2. The van der Waals surface area contributed by atoms with Crippen LogP contribution in [-0.4, -0.2) is 29.6 Å². The van der Waals surface area contributed by atoms with Crippen LogP contribution in [0.25, 0.3) is 0 Å². The van der Waals surface area contributed by atoms with Gasteiger partial charge in [0.05, 0.1) is 23.5 Å². The first-order valence-electron chi connectivity index (χ1n) is 9.92. The van der Waals surface area contributed by atoms with Crippen LogP contribution in [0.3, 0.4) is 0 Å². The van der Waals surface area contributed by atoms with Crippen molar-refractivity contribution >= 4 is 34.2 Å². The zero-order chi connectivity index (χ0) is 20.1. The normalized spacial score (nSPS) is 30.1. The van der Waals surface area contributed by atoms with Crippen molar-refractivity contribution in [2.75, 3.05) is 11.9 Å². The van der Waals surface area contributed by atoms with Gasteiger partial charge in [-0.3, -0.25) is 9.59 Å². The fourth-order valence-corrected chi connectivity index (χ4v) is 6.40. The maximum Gasteiger partial charge on any atom is 0.341 e. The van der Waals surface area contributed by atoms with Gasteiger partial charge in [-0.2, -0.15) is 0 Å². The molecule has 1 saturated carbocycles. The molecule has 28 heavy (non-hydrogen) atoms. The van der Waals surface area contributed by atoms with Crippen molar-refractivity contribution in [1.29, 1.82) is 0 Å². The van der Waals surface area contributed by atoms with E-state index in [1.165, 1.54) is 11.3 Å². The molecule has 0 aromatic carbocycles. The highest BCUT2D eigenvalue weighted by atomic mass is 32.1. The third kappa shape index (κ3) is 2.79. The maximum absolute atomic E-state index is 13.2. The Bertz CT molecular complexity index is 872. The molecule has 4 atom stereocenters. The van der Waals surface area contributed by atoms with Gasteiger partial charge in [0.1, 0.15) is 5.00 Å². The Balaban J connectivity index is 1.67. The minimum Gasteiger partial charge on any atom is -0.481 e. The number of ether oxygens (including phenoxy) is 1. The zero-order valence-corrected chi connectivity index (χ0v) is 16.9. The van der Waals surface area contributed by atoms with E-state index in [9.17, 15) is 19.5 Å². The summed E-state index contributed by atoms with van der Waals surface area (Å²) in [5.74, 6) is -2.52. The van der Waals surface area contributed by atoms with E-state index in [1.807, 2.05) is 12.2 Å². The summed E-state index contributed by atoms with van der Waals surface area (Å²) in [7, 11) is 0. The van der Waals surface area contributed by atoms with Gasteiger partial charge >= 0.3 is 11.9 Å². The number of rotatable bonds is 5. The maximum atomic E-state index is 13.2. The number of anilines is 1. The van der Waals surface area contributed by atoms with E-state index in [1.54, 1.807) is 13.8 Å². The lowest BCUT2D eigenvalue weighted by molar-refractivity contribution is -0.155. The molecule has 1 amide bonds. The van der Waals surface area contributed by atoms with E-state index < -0.39 is 23.3 Å². The van der Waals surface area contributed by atoms with Crippen LogP contribution in [0.5, 0.6) is 0 Å². The number of aryl methyl sites for hydroxylation is 1. The lowest BCUT2D eigenvalue weighted by Gasteiger charge is -2.33. The Hall–Kier alpha value is -2.15. The van der Waals surface area contributed by atoms with Crippen molar-refractivity contribution in [1.82, 2.24) is 0 Å². The van der Waals surface area contributed by atoms with Gasteiger partial charge in [-0.25, -0.2) is 4.79 Å². The average Bonchev–Trinajstić information content (AvgIpc) is 3.33. The molecule has 0 radical (unpaired) electrons. The third-order valence-electron chi connectivity index (χ3n) is 6.59. The Kier molecular flexibility index (Phi) is 4.81. The number of carboxylic acid groups (broad SMARTS) is 1. The number of fused-ring (bicyclic) bond motifs is 3. The van der Waals surface area contributed by atoms with E-state index in [4.69, 9.17) is 4.74 Å². The summed E-state index contributed by atoms with van der Waals surface area (Å²) >= 11 is 1.43. The van der Waals surface area contributed by atoms with Gasteiger partial charge in [-0.05, 0) is 63.4 Å². The first-order valence-corrected chi connectivity index (χ1v) is 10.7. The molecule has 150 valence electrons. The first kappa shape index (κ1) is 19.2. The summed E-state index contributed by atoms with van der Waals surface area (Å²) in [5.41, 5.74) is 0.328. The number of esters is 1. The molecule has 1 heterocycles. The highest BCUT2D eigenvalue weighted by Crippen LogP contribution is 2.56. The van der Waals surface area contributed by atoms with Crippen LogP contribution in [0.15, 0.2) is 12.2 Å². The van der Waals surface area contributed by atoms with Gasteiger partial charge in [0.2, 0.25) is 5.91 Å². The number of carbonyl (C=O) groups is 3. The molecule has 7 heteroatoms. The topological polar surface area (TPSA) is 92.7 Å². The van der Waals surface area contributed by atoms with Gasteiger partial charge in [0.15, 0.2) is 0 Å². The van der Waals surface area contributed by atoms with Gasteiger partial charge in [-0.15, -0.1) is 11.3 Å². The summed E-state index contributed by atoms with van der Waals surface area (Å²) in [6, 6.07) is 0. The fourth-order valence-electron chi connectivity index (χ4n) is 5.12. The van der Waals surface area contributed by atoms with Crippen molar-refractivity contribution in [2.24, 2.45) is 23.2 Å². The number of allylic oxidation sites excluding steroid dienone is 2. The average molecular weight is 404 g/mol. The predicted molar refractivity (Wildman–Crippen MR) is 106 cm³/mol. The fraction of sp³-hybridized carbons (Fsp3) is 0.571. The highest BCUT2D eigenvalue weighted by Gasteiger charge is 2.60. The van der Waals surface area contributed by atoms with Crippen LogP contribution in [-0.2, 0) is 27.2 Å². The number of thiophene rings is 1. The van der Waals surface area contributed by atoms with Crippen molar-refractivity contribution in [2.45, 2.75) is 46.0 Å². The summed E-state index contributed by atoms with van der Waals surface area (Å²) < 4.78 is 5.24. The Morgan fingerprint density at radius 2 is 2.04 bits per heavy atom. The van der Waals surface area contributed by atoms with Gasteiger partial charge in [0.25, 0.3) is 0 Å². The van der Waals surface area contributed by atoms with Crippen LogP contribution in [0, 0.1) is 23.2 Å². The van der Waals surface area contributed by atoms with E-state index in [-0.39, 0.29) is 24.3 Å². The molecule has 2 N–H and O–H groups in total. The van der Waals surface area contributed by atoms with Crippen LogP contribution in [0.4, 0.5) is 5.00 Å². The summed E-state index contributed by atoms with van der Waals surface area (Å²) in [6.07, 6.45) is 8.36. The summed E-state index contributed by atoms with van der Waals surface area (Å²) in [4.78, 5) is 38.9. The molecule has 4 rings (SSSR count). The summed E-state index contributed by atoms with van der Waals surface area (Å²) in [5, 5.41) is 13.3. The van der Waals surface area contributed by atoms with Gasteiger partial charge in [-0.1, -0.05) is 12.2 Å². The minimum atomic E-state index is -1.12. The third-order valence-corrected chi connectivity index (χ3v) is 7.80. The van der Waals surface area contributed by atoms with Crippen LogP contribution in [0.1, 0.15) is 53.9 Å². The van der Waals surface area contributed by atoms with Crippen LogP contribution >= 0.6 is 11.3 Å². The van der Waals surface area contributed by atoms with Crippen molar-refractivity contribution < 1.29 is 24.2 Å². The number of carboxylic acids is 1. The second-order valence-corrected chi connectivity index (χ2v) is 9.19.